The van der Waals surface area contributed by atoms with Gasteiger partial charge in [0.15, 0.2) is 5.82 Å². The van der Waals surface area contributed by atoms with E-state index in [-0.39, 0.29) is 18.9 Å². The van der Waals surface area contributed by atoms with E-state index in [1.165, 1.54) is 0 Å². The van der Waals surface area contributed by atoms with Crippen LogP contribution in [0.5, 0.6) is 5.75 Å². The predicted molar refractivity (Wildman–Crippen MR) is 87.9 cm³/mol. The highest BCUT2D eigenvalue weighted by Crippen LogP contribution is 2.17. The van der Waals surface area contributed by atoms with E-state index in [4.69, 9.17) is 10.5 Å². The lowest BCUT2D eigenvalue weighted by Gasteiger charge is -2.08. The monoisotopic (exact) mass is 307 g/mol. The Morgan fingerprint density at radius 2 is 1.96 bits per heavy atom. The quantitative estimate of drug-likeness (QED) is 0.785. The number of ether oxygens (including phenoxy) is 1. The maximum Gasteiger partial charge on any atom is 0.221 e. The minimum Gasteiger partial charge on any atom is -0.486 e. The summed E-state index contributed by atoms with van der Waals surface area (Å²) in [6.45, 7) is 2.23. The van der Waals surface area contributed by atoms with Gasteiger partial charge in [0.25, 0.3) is 0 Å². The van der Waals surface area contributed by atoms with E-state index >= 15 is 0 Å². The summed E-state index contributed by atoms with van der Waals surface area (Å²) in [7, 11) is 0. The molecule has 0 spiro atoms. The molecule has 1 heterocycles. The lowest BCUT2D eigenvalue weighted by molar-refractivity contribution is -0.117. The van der Waals surface area contributed by atoms with Gasteiger partial charge in [0, 0.05) is 11.1 Å². The molecule has 5 nitrogen and oxygen atoms in total. The third-order valence-corrected chi connectivity index (χ3v) is 3.48. The number of hydrogen-bond donors (Lipinski definition) is 1. The van der Waals surface area contributed by atoms with Crippen LogP contribution < -0.4 is 10.5 Å². The van der Waals surface area contributed by atoms with E-state index in [1.807, 2.05) is 49.4 Å². The van der Waals surface area contributed by atoms with Crippen molar-refractivity contribution in [3.8, 4) is 5.75 Å². The van der Waals surface area contributed by atoms with E-state index < -0.39 is 0 Å². The lowest BCUT2D eigenvalue weighted by Crippen LogP contribution is -2.13. The molecule has 0 radical (unpaired) electrons. The molecule has 0 fully saturated rings. The van der Waals surface area contributed by atoms with Crippen LogP contribution in [0.1, 0.15) is 17.1 Å². The number of primary amides is 1. The zero-order valence-corrected chi connectivity index (χ0v) is 12.8. The molecule has 3 aromatic rings. The number of benzene rings is 2. The first-order chi connectivity index (χ1) is 11.1. The van der Waals surface area contributed by atoms with Crippen molar-refractivity contribution in [2.45, 2.75) is 20.0 Å². The highest BCUT2D eigenvalue weighted by Gasteiger charge is 2.06. The van der Waals surface area contributed by atoms with Gasteiger partial charge in [-0.15, -0.1) is 0 Å². The second-order valence-corrected chi connectivity index (χ2v) is 5.32. The van der Waals surface area contributed by atoms with Crippen LogP contribution in [0.2, 0.25) is 0 Å². The van der Waals surface area contributed by atoms with Crippen molar-refractivity contribution >= 4 is 16.8 Å². The van der Waals surface area contributed by atoms with Gasteiger partial charge in [0.2, 0.25) is 5.91 Å². The highest BCUT2D eigenvalue weighted by atomic mass is 16.5. The Labute approximate surface area is 134 Å². The van der Waals surface area contributed by atoms with E-state index in [2.05, 4.69) is 9.97 Å². The molecule has 5 heteroatoms. The number of amides is 1. The Bertz CT molecular complexity index is 862. The van der Waals surface area contributed by atoms with Crippen LogP contribution in [-0.4, -0.2) is 15.9 Å². The molecule has 2 aromatic carbocycles. The Balaban J connectivity index is 1.77. The van der Waals surface area contributed by atoms with Crippen molar-refractivity contribution in [2.75, 3.05) is 0 Å². The third-order valence-electron chi connectivity index (χ3n) is 3.48. The average molecular weight is 307 g/mol. The fourth-order valence-corrected chi connectivity index (χ4v) is 2.45. The summed E-state index contributed by atoms with van der Waals surface area (Å²) in [4.78, 5) is 20.0. The maximum absolute atomic E-state index is 11.0. The first-order valence-corrected chi connectivity index (χ1v) is 7.34. The van der Waals surface area contributed by atoms with Crippen molar-refractivity contribution < 1.29 is 9.53 Å². The zero-order chi connectivity index (χ0) is 16.2. The van der Waals surface area contributed by atoms with Gasteiger partial charge in [-0.3, -0.25) is 4.79 Å². The van der Waals surface area contributed by atoms with E-state index in [0.29, 0.717) is 11.6 Å². The number of hydrogen-bond acceptors (Lipinski definition) is 4. The number of aryl methyl sites for hydroxylation is 1. The van der Waals surface area contributed by atoms with Gasteiger partial charge in [-0.2, -0.15) is 0 Å². The molecule has 0 unspecified atom stereocenters. The SMILES string of the molecule is Cc1nc(COc2cccc(CC(N)=O)c2)nc2ccccc12. The second-order valence-electron chi connectivity index (χ2n) is 5.32. The first kappa shape index (κ1) is 15.0. The molecule has 1 aromatic heterocycles. The van der Waals surface area contributed by atoms with Crippen molar-refractivity contribution in [1.29, 1.82) is 0 Å². The number of carbonyl (C=O) groups is 1. The molecular weight excluding hydrogens is 290 g/mol. The van der Waals surface area contributed by atoms with Crippen LogP contribution in [-0.2, 0) is 17.8 Å². The fourth-order valence-electron chi connectivity index (χ4n) is 2.45. The summed E-state index contributed by atoms with van der Waals surface area (Å²) in [6, 6.07) is 15.2. The van der Waals surface area contributed by atoms with Crippen LogP contribution in [0.4, 0.5) is 0 Å². The average Bonchev–Trinajstić information content (AvgIpc) is 2.53. The number of aromatic nitrogens is 2. The molecular formula is C18H17N3O2. The molecule has 0 saturated carbocycles. The van der Waals surface area contributed by atoms with E-state index in [1.54, 1.807) is 6.07 Å². The van der Waals surface area contributed by atoms with Crippen molar-refractivity contribution in [2.24, 2.45) is 5.73 Å². The van der Waals surface area contributed by atoms with E-state index in [9.17, 15) is 4.79 Å². The van der Waals surface area contributed by atoms with Crippen LogP contribution in [0.25, 0.3) is 10.9 Å². The van der Waals surface area contributed by atoms with Crippen molar-refractivity contribution in [3.63, 3.8) is 0 Å². The first-order valence-electron chi connectivity index (χ1n) is 7.34. The topological polar surface area (TPSA) is 78.1 Å². The lowest BCUT2D eigenvalue weighted by atomic mass is 10.1. The standard InChI is InChI=1S/C18H17N3O2/c1-12-15-7-2-3-8-16(15)21-18(20-12)11-23-14-6-4-5-13(9-14)10-17(19)22/h2-9H,10-11H2,1H3,(H2,19,22). The van der Waals surface area contributed by atoms with Gasteiger partial charge in [0.1, 0.15) is 12.4 Å². The summed E-state index contributed by atoms with van der Waals surface area (Å²) in [5.74, 6) is 0.926. The Hall–Kier alpha value is -2.95. The normalized spacial score (nSPS) is 10.7. The molecule has 1 amide bonds. The van der Waals surface area contributed by atoms with Gasteiger partial charge >= 0.3 is 0 Å². The Morgan fingerprint density at radius 1 is 1.13 bits per heavy atom. The minimum absolute atomic E-state index is 0.197. The summed E-state index contributed by atoms with van der Waals surface area (Å²) in [6.07, 6.45) is 0.197. The molecule has 116 valence electrons. The molecule has 23 heavy (non-hydrogen) atoms. The van der Waals surface area contributed by atoms with Gasteiger partial charge in [-0.05, 0) is 30.7 Å². The molecule has 0 aliphatic carbocycles. The smallest absolute Gasteiger partial charge is 0.221 e. The maximum atomic E-state index is 11.0. The highest BCUT2D eigenvalue weighted by molar-refractivity contribution is 5.80. The Morgan fingerprint density at radius 3 is 2.78 bits per heavy atom. The largest absolute Gasteiger partial charge is 0.486 e. The summed E-state index contributed by atoms with van der Waals surface area (Å²) >= 11 is 0. The molecule has 0 aliphatic rings. The van der Waals surface area contributed by atoms with Gasteiger partial charge in [0.05, 0.1) is 11.9 Å². The van der Waals surface area contributed by atoms with E-state index in [0.717, 1.165) is 22.2 Å². The molecule has 2 N–H and O–H groups in total. The summed E-state index contributed by atoms with van der Waals surface area (Å²) < 4.78 is 5.74. The Kier molecular flexibility index (Phi) is 4.19. The molecule has 0 aliphatic heterocycles. The summed E-state index contributed by atoms with van der Waals surface area (Å²) in [5, 5.41) is 1.04. The van der Waals surface area contributed by atoms with Crippen LogP contribution in [0, 0.1) is 6.92 Å². The van der Waals surface area contributed by atoms with Gasteiger partial charge in [-0.25, -0.2) is 9.97 Å². The number of nitrogens with zero attached hydrogens (tertiary/aromatic N) is 2. The van der Waals surface area contributed by atoms with Crippen molar-refractivity contribution in [1.82, 2.24) is 9.97 Å². The number of carbonyl (C=O) groups excluding carboxylic acids is 1. The van der Waals surface area contributed by atoms with Crippen LogP contribution >= 0.6 is 0 Å². The van der Waals surface area contributed by atoms with Crippen LogP contribution in [0.15, 0.2) is 48.5 Å². The number of para-hydroxylation sites is 1. The second kappa shape index (κ2) is 6.44. The molecule has 0 atom stereocenters. The predicted octanol–water partition coefficient (Wildman–Crippen LogP) is 2.55. The van der Waals surface area contributed by atoms with Crippen molar-refractivity contribution in [3.05, 3.63) is 65.6 Å². The summed E-state index contributed by atoms with van der Waals surface area (Å²) in [5.41, 5.74) is 7.87. The number of fused-ring (bicyclic) bond motifs is 1. The zero-order valence-electron chi connectivity index (χ0n) is 12.8. The molecule has 0 bridgehead atoms. The minimum atomic E-state index is -0.365. The van der Waals surface area contributed by atoms with Crippen LogP contribution in [0.3, 0.4) is 0 Å². The molecule has 3 rings (SSSR count). The number of nitrogens with two attached hydrogens (primary N) is 1. The van der Waals surface area contributed by atoms with Gasteiger partial charge in [-0.1, -0.05) is 30.3 Å². The number of rotatable bonds is 5. The third kappa shape index (κ3) is 3.63. The van der Waals surface area contributed by atoms with Gasteiger partial charge < -0.3 is 10.5 Å². The molecule has 0 saturated heterocycles. The fraction of sp³-hybridized carbons (Fsp3) is 0.167.